The fourth-order valence-corrected chi connectivity index (χ4v) is 1.91. The molecule has 4 nitrogen and oxygen atoms in total. The highest BCUT2D eigenvalue weighted by Gasteiger charge is 2.15. The number of amides is 1. The Morgan fingerprint density at radius 2 is 1.79 bits per heavy atom. The van der Waals surface area contributed by atoms with Gasteiger partial charge in [0.2, 0.25) is 0 Å². The van der Waals surface area contributed by atoms with Crippen LogP contribution >= 0.6 is 0 Å². The molecule has 2 aromatic rings. The summed E-state index contributed by atoms with van der Waals surface area (Å²) in [5.41, 5.74) is 8.08. The lowest BCUT2D eigenvalue weighted by atomic mass is 10.1. The molecular formula is C15H17N3O. The molecule has 1 aromatic heterocycles. The van der Waals surface area contributed by atoms with E-state index in [9.17, 15) is 4.79 Å². The quantitative estimate of drug-likeness (QED) is 0.911. The summed E-state index contributed by atoms with van der Waals surface area (Å²) < 4.78 is 0. The number of pyridine rings is 1. The number of hydrogen-bond acceptors (Lipinski definition) is 3. The number of nitrogens with zero attached hydrogens (tertiary/aromatic N) is 2. The summed E-state index contributed by atoms with van der Waals surface area (Å²) >= 11 is 0. The second-order valence-corrected chi connectivity index (χ2v) is 4.16. The number of benzene rings is 1. The Morgan fingerprint density at radius 3 is 2.32 bits per heavy atom. The summed E-state index contributed by atoms with van der Waals surface area (Å²) in [5, 5.41) is 0. The Kier molecular flexibility index (Phi) is 4.26. The van der Waals surface area contributed by atoms with Crippen molar-refractivity contribution in [2.24, 2.45) is 5.73 Å². The third-order valence-electron chi connectivity index (χ3n) is 2.97. The molecule has 0 aliphatic heterocycles. The first-order valence-electron chi connectivity index (χ1n) is 6.27. The first-order valence-corrected chi connectivity index (χ1v) is 6.27. The molecule has 98 valence electrons. The van der Waals surface area contributed by atoms with Gasteiger partial charge in [0.15, 0.2) is 0 Å². The van der Waals surface area contributed by atoms with E-state index in [1.807, 2.05) is 43.3 Å². The van der Waals surface area contributed by atoms with Crippen LogP contribution in [0, 0.1) is 0 Å². The fourth-order valence-electron chi connectivity index (χ4n) is 1.91. The Hall–Kier alpha value is -2.20. The molecule has 0 aliphatic carbocycles. The van der Waals surface area contributed by atoms with Crippen LogP contribution in [0.15, 0.2) is 48.8 Å². The van der Waals surface area contributed by atoms with Crippen LogP contribution in [0.3, 0.4) is 0 Å². The van der Waals surface area contributed by atoms with Crippen molar-refractivity contribution >= 4 is 11.6 Å². The van der Waals surface area contributed by atoms with Crippen LogP contribution in [0.1, 0.15) is 22.8 Å². The number of hydrogen-bond donors (Lipinski definition) is 1. The van der Waals surface area contributed by atoms with E-state index >= 15 is 0 Å². The molecule has 0 unspecified atom stereocenters. The summed E-state index contributed by atoms with van der Waals surface area (Å²) in [5.74, 6) is -0.0164. The predicted octanol–water partition coefficient (Wildman–Crippen LogP) is 2.21. The molecule has 1 amide bonds. The lowest BCUT2D eigenvalue weighted by Crippen LogP contribution is -2.30. The van der Waals surface area contributed by atoms with Crippen molar-refractivity contribution < 1.29 is 4.79 Å². The van der Waals surface area contributed by atoms with E-state index in [1.165, 1.54) is 0 Å². The first-order chi connectivity index (χ1) is 9.26. The van der Waals surface area contributed by atoms with Crippen LogP contribution in [-0.2, 0) is 6.54 Å². The maximum absolute atomic E-state index is 12.5. The van der Waals surface area contributed by atoms with Gasteiger partial charge in [0, 0.05) is 36.7 Å². The molecule has 1 heterocycles. The fraction of sp³-hybridized carbons (Fsp3) is 0.200. The molecule has 2 N–H and O–H groups in total. The standard InChI is InChI=1S/C15H17N3O/c1-2-18(14-7-9-17-10-8-14)15(19)13-5-3-12(11-16)4-6-13/h3-10H,2,11,16H2,1H3. The van der Waals surface area contributed by atoms with Gasteiger partial charge >= 0.3 is 0 Å². The average molecular weight is 255 g/mol. The van der Waals surface area contributed by atoms with Crippen LogP contribution in [0.25, 0.3) is 0 Å². The summed E-state index contributed by atoms with van der Waals surface area (Å²) in [6.07, 6.45) is 3.37. The van der Waals surface area contributed by atoms with Gasteiger partial charge in [0.25, 0.3) is 5.91 Å². The van der Waals surface area contributed by atoms with Crippen LogP contribution in [0.2, 0.25) is 0 Å². The largest absolute Gasteiger partial charge is 0.326 e. The lowest BCUT2D eigenvalue weighted by Gasteiger charge is -2.21. The van der Waals surface area contributed by atoms with E-state index in [0.29, 0.717) is 18.7 Å². The van der Waals surface area contributed by atoms with Crippen molar-refractivity contribution in [3.63, 3.8) is 0 Å². The first kappa shape index (κ1) is 13.2. The van der Waals surface area contributed by atoms with Crippen LogP contribution in [0.4, 0.5) is 5.69 Å². The van der Waals surface area contributed by atoms with Crippen LogP contribution in [-0.4, -0.2) is 17.4 Å². The number of rotatable bonds is 4. The van der Waals surface area contributed by atoms with E-state index in [4.69, 9.17) is 5.73 Å². The Bertz CT molecular complexity index is 537. The summed E-state index contributed by atoms with van der Waals surface area (Å²) in [6, 6.07) is 11.1. The Labute approximate surface area is 112 Å². The van der Waals surface area contributed by atoms with Crippen LogP contribution < -0.4 is 10.6 Å². The summed E-state index contributed by atoms with van der Waals surface area (Å²) in [7, 11) is 0. The number of carbonyl (C=O) groups is 1. The minimum Gasteiger partial charge on any atom is -0.326 e. The van der Waals surface area contributed by atoms with Gasteiger partial charge < -0.3 is 10.6 Å². The average Bonchev–Trinajstić information content (AvgIpc) is 2.49. The monoisotopic (exact) mass is 255 g/mol. The predicted molar refractivity (Wildman–Crippen MR) is 75.9 cm³/mol. The Morgan fingerprint density at radius 1 is 1.16 bits per heavy atom. The van der Waals surface area contributed by atoms with Gasteiger partial charge in [-0.05, 0) is 36.8 Å². The maximum Gasteiger partial charge on any atom is 0.258 e. The zero-order valence-electron chi connectivity index (χ0n) is 10.9. The number of nitrogens with two attached hydrogens (primary N) is 1. The Balaban J connectivity index is 2.25. The maximum atomic E-state index is 12.5. The molecule has 0 radical (unpaired) electrons. The third-order valence-corrected chi connectivity index (χ3v) is 2.97. The minimum atomic E-state index is -0.0164. The SMILES string of the molecule is CCN(C(=O)c1ccc(CN)cc1)c1ccncc1. The van der Waals surface area contributed by atoms with E-state index in [1.54, 1.807) is 17.3 Å². The zero-order valence-corrected chi connectivity index (χ0v) is 10.9. The van der Waals surface area contributed by atoms with Crippen molar-refractivity contribution in [1.82, 2.24) is 4.98 Å². The topological polar surface area (TPSA) is 59.2 Å². The molecule has 0 atom stereocenters. The second-order valence-electron chi connectivity index (χ2n) is 4.16. The lowest BCUT2D eigenvalue weighted by molar-refractivity contribution is 0.0988. The number of aromatic nitrogens is 1. The highest BCUT2D eigenvalue weighted by Crippen LogP contribution is 2.16. The molecule has 0 spiro atoms. The van der Waals surface area contributed by atoms with E-state index in [2.05, 4.69) is 4.98 Å². The normalized spacial score (nSPS) is 10.2. The van der Waals surface area contributed by atoms with Crippen molar-refractivity contribution in [1.29, 1.82) is 0 Å². The van der Waals surface area contributed by atoms with Gasteiger partial charge in [0.1, 0.15) is 0 Å². The molecule has 0 bridgehead atoms. The number of anilines is 1. The highest BCUT2D eigenvalue weighted by molar-refractivity contribution is 6.06. The van der Waals surface area contributed by atoms with Crippen molar-refractivity contribution in [2.45, 2.75) is 13.5 Å². The minimum absolute atomic E-state index is 0.0164. The molecule has 0 fully saturated rings. The molecule has 0 aliphatic rings. The second kappa shape index (κ2) is 6.11. The highest BCUT2D eigenvalue weighted by atomic mass is 16.2. The van der Waals surface area contributed by atoms with Gasteiger partial charge in [-0.3, -0.25) is 9.78 Å². The molecule has 0 saturated heterocycles. The smallest absolute Gasteiger partial charge is 0.258 e. The molecular weight excluding hydrogens is 238 g/mol. The van der Waals surface area contributed by atoms with Crippen molar-refractivity contribution in [3.05, 3.63) is 59.9 Å². The summed E-state index contributed by atoms with van der Waals surface area (Å²) in [4.78, 5) is 18.1. The van der Waals surface area contributed by atoms with E-state index < -0.39 is 0 Å². The van der Waals surface area contributed by atoms with Crippen molar-refractivity contribution in [2.75, 3.05) is 11.4 Å². The molecule has 4 heteroatoms. The molecule has 2 rings (SSSR count). The summed E-state index contributed by atoms with van der Waals surface area (Å²) in [6.45, 7) is 3.05. The van der Waals surface area contributed by atoms with Crippen LogP contribution in [0.5, 0.6) is 0 Å². The van der Waals surface area contributed by atoms with Gasteiger partial charge in [-0.25, -0.2) is 0 Å². The number of carbonyl (C=O) groups excluding carboxylic acids is 1. The van der Waals surface area contributed by atoms with Gasteiger partial charge in [0.05, 0.1) is 0 Å². The van der Waals surface area contributed by atoms with Gasteiger partial charge in [-0.1, -0.05) is 12.1 Å². The zero-order chi connectivity index (χ0) is 13.7. The van der Waals surface area contributed by atoms with Gasteiger partial charge in [-0.2, -0.15) is 0 Å². The molecule has 19 heavy (non-hydrogen) atoms. The van der Waals surface area contributed by atoms with Gasteiger partial charge in [-0.15, -0.1) is 0 Å². The molecule has 1 aromatic carbocycles. The van der Waals surface area contributed by atoms with E-state index in [0.717, 1.165) is 11.3 Å². The van der Waals surface area contributed by atoms with Crippen molar-refractivity contribution in [3.8, 4) is 0 Å². The van der Waals surface area contributed by atoms with E-state index in [-0.39, 0.29) is 5.91 Å². The third kappa shape index (κ3) is 2.98. The molecule has 0 saturated carbocycles.